The maximum absolute atomic E-state index is 11.7. The number of amides is 3. The standard InChI is InChI=1S/C10H10N2O2S/c1-10(7-5-3-2-4-6-7)8(13)11-9(14)12(10)15/h2-6,15H,1H3,(H,11,13,14). The molecule has 3 amide bonds. The molecule has 1 aliphatic rings. The van der Waals surface area contributed by atoms with Crippen LogP contribution in [0.5, 0.6) is 0 Å². The maximum atomic E-state index is 11.7. The summed E-state index contributed by atoms with van der Waals surface area (Å²) in [4.78, 5) is 23.0. The van der Waals surface area contributed by atoms with E-state index in [1.807, 2.05) is 18.2 Å². The molecule has 1 fully saturated rings. The van der Waals surface area contributed by atoms with Gasteiger partial charge in [-0.05, 0) is 12.5 Å². The Bertz CT molecular complexity index is 421. The first-order valence-corrected chi connectivity index (χ1v) is 4.87. The van der Waals surface area contributed by atoms with Crippen molar-refractivity contribution in [3.8, 4) is 0 Å². The fraction of sp³-hybridized carbons (Fsp3) is 0.200. The molecule has 1 saturated heterocycles. The van der Waals surface area contributed by atoms with E-state index in [4.69, 9.17) is 0 Å². The van der Waals surface area contributed by atoms with E-state index in [2.05, 4.69) is 18.1 Å². The van der Waals surface area contributed by atoms with Gasteiger partial charge in [-0.25, -0.2) is 4.79 Å². The molecule has 1 aliphatic heterocycles. The van der Waals surface area contributed by atoms with E-state index >= 15 is 0 Å². The number of benzene rings is 1. The molecule has 1 aromatic rings. The topological polar surface area (TPSA) is 49.4 Å². The third-order valence-corrected chi connectivity index (χ3v) is 3.20. The lowest BCUT2D eigenvalue weighted by Gasteiger charge is -2.27. The second kappa shape index (κ2) is 3.27. The summed E-state index contributed by atoms with van der Waals surface area (Å²) in [5.74, 6) is -0.353. The van der Waals surface area contributed by atoms with Gasteiger partial charge in [0.15, 0.2) is 5.54 Å². The molecule has 1 unspecified atom stereocenters. The molecule has 0 aromatic heterocycles. The minimum Gasteiger partial charge on any atom is -0.275 e. The predicted molar refractivity (Wildman–Crippen MR) is 58.2 cm³/mol. The van der Waals surface area contributed by atoms with Crippen LogP contribution in [0.4, 0.5) is 4.79 Å². The lowest BCUT2D eigenvalue weighted by atomic mass is 9.92. The van der Waals surface area contributed by atoms with Crippen LogP contribution in [0.25, 0.3) is 0 Å². The molecule has 0 saturated carbocycles. The molecule has 15 heavy (non-hydrogen) atoms. The van der Waals surface area contributed by atoms with Crippen LogP contribution in [0.1, 0.15) is 12.5 Å². The summed E-state index contributed by atoms with van der Waals surface area (Å²) in [6.45, 7) is 1.66. The van der Waals surface area contributed by atoms with Crippen molar-refractivity contribution in [2.75, 3.05) is 0 Å². The minimum absolute atomic E-state index is 0.353. The average Bonchev–Trinajstić information content (AvgIpc) is 2.45. The molecule has 1 atom stereocenters. The third-order valence-electron chi connectivity index (χ3n) is 2.61. The van der Waals surface area contributed by atoms with Crippen molar-refractivity contribution in [1.29, 1.82) is 0 Å². The van der Waals surface area contributed by atoms with Crippen molar-refractivity contribution in [2.45, 2.75) is 12.5 Å². The Morgan fingerprint density at radius 3 is 2.33 bits per heavy atom. The molecule has 1 aromatic carbocycles. The largest absolute Gasteiger partial charge is 0.335 e. The summed E-state index contributed by atoms with van der Waals surface area (Å²) in [6, 6.07) is 8.58. The fourth-order valence-corrected chi connectivity index (χ4v) is 1.84. The highest BCUT2D eigenvalue weighted by molar-refractivity contribution is 7.78. The van der Waals surface area contributed by atoms with Crippen LogP contribution in [-0.2, 0) is 10.3 Å². The zero-order valence-electron chi connectivity index (χ0n) is 8.10. The van der Waals surface area contributed by atoms with Crippen LogP contribution >= 0.6 is 12.8 Å². The molecular formula is C10H10N2O2S. The van der Waals surface area contributed by atoms with Crippen LogP contribution in [0.2, 0.25) is 0 Å². The van der Waals surface area contributed by atoms with Gasteiger partial charge in [0, 0.05) is 0 Å². The molecule has 4 nitrogen and oxygen atoms in total. The van der Waals surface area contributed by atoms with Crippen molar-refractivity contribution in [3.05, 3.63) is 35.9 Å². The number of nitrogens with one attached hydrogen (secondary N) is 1. The van der Waals surface area contributed by atoms with Gasteiger partial charge in [-0.2, -0.15) is 0 Å². The summed E-state index contributed by atoms with van der Waals surface area (Å²) in [5.41, 5.74) is -0.287. The SMILES string of the molecule is CC1(c2ccccc2)C(=O)NC(=O)N1S. The van der Waals surface area contributed by atoms with Crippen LogP contribution < -0.4 is 5.32 Å². The second-order valence-electron chi connectivity index (χ2n) is 3.51. The number of carbonyl (C=O) groups is 2. The Balaban J connectivity index is 2.51. The molecule has 2 rings (SSSR count). The van der Waals surface area contributed by atoms with Crippen molar-refractivity contribution in [2.24, 2.45) is 0 Å². The molecule has 0 spiro atoms. The van der Waals surface area contributed by atoms with Gasteiger partial charge in [0.25, 0.3) is 5.91 Å². The highest BCUT2D eigenvalue weighted by Gasteiger charge is 2.49. The highest BCUT2D eigenvalue weighted by atomic mass is 32.1. The summed E-state index contributed by atoms with van der Waals surface area (Å²) >= 11 is 4.04. The summed E-state index contributed by atoms with van der Waals surface area (Å²) in [5, 5.41) is 2.23. The second-order valence-corrected chi connectivity index (χ2v) is 3.91. The van der Waals surface area contributed by atoms with Gasteiger partial charge in [-0.1, -0.05) is 43.1 Å². The Morgan fingerprint density at radius 1 is 1.27 bits per heavy atom. The van der Waals surface area contributed by atoms with Crippen LogP contribution in [-0.4, -0.2) is 16.2 Å². The molecule has 0 radical (unpaired) electrons. The van der Waals surface area contributed by atoms with Crippen LogP contribution in [0.3, 0.4) is 0 Å². The first kappa shape index (κ1) is 10.0. The first-order chi connectivity index (χ1) is 7.06. The van der Waals surface area contributed by atoms with Gasteiger partial charge >= 0.3 is 6.03 Å². The number of carbonyl (C=O) groups excluding carboxylic acids is 2. The molecular weight excluding hydrogens is 212 g/mol. The van der Waals surface area contributed by atoms with E-state index < -0.39 is 11.6 Å². The number of imide groups is 1. The number of nitrogens with zero attached hydrogens (tertiary/aromatic N) is 1. The number of hydrogen-bond acceptors (Lipinski definition) is 3. The van der Waals surface area contributed by atoms with E-state index in [1.165, 1.54) is 0 Å². The lowest BCUT2D eigenvalue weighted by Crippen LogP contribution is -2.39. The molecule has 78 valence electrons. The van der Waals surface area contributed by atoms with Gasteiger partial charge in [-0.15, -0.1) is 0 Å². The Labute approximate surface area is 92.8 Å². The third kappa shape index (κ3) is 1.31. The summed E-state index contributed by atoms with van der Waals surface area (Å²) in [7, 11) is 0. The zero-order valence-corrected chi connectivity index (χ0v) is 8.99. The molecule has 0 aliphatic carbocycles. The number of rotatable bonds is 1. The van der Waals surface area contributed by atoms with Crippen molar-refractivity contribution in [3.63, 3.8) is 0 Å². The van der Waals surface area contributed by atoms with Crippen LogP contribution in [0.15, 0.2) is 30.3 Å². The maximum Gasteiger partial charge on any atom is 0.335 e. The van der Waals surface area contributed by atoms with E-state index in [0.717, 1.165) is 9.87 Å². The van der Waals surface area contributed by atoms with Crippen molar-refractivity contribution in [1.82, 2.24) is 9.62 Å². The monoisotopic (exact) mass is 222 g/mol. The number of hydrogen-bond donors (Lipinski definition) is 2. The molecule has 0 bridgehead atoms. The van der Waals surface area contributed by atoms with Gasteiger partial charge in [-0.3, -0.25) is 14.4 Å². The Morgan fingerprint density at radius 2 is 1.87 bits per heavy atom. The van der Waals surface area contributed by atoms with E-state index in [1.54, 1.807) is 19.1 Å². The van der Waals surface area contributed by atoms with Crippen molar-refractivity contribution >= 4 is 24.8 Å². The van der Waals surface area contributed by atoms with Gasteiger partial charge in [0.1, 0.15) is 0 Å². The smallest absolute Gasteiger partial charge is 0.275 e. The summed E-state index contributed by atoms with van der Waals surface area (Å²) < 4.78 is 1.12. The minimum atomic E-state index is -1.03. The van der Waals surface area contributed by atoms with Gasteiger partial charge in [0.2, 0.25) is 0 Å². The number of urea groups is 1. The van der Waals surface area contributed by atoms with Gasteiger partial charge < -0.3 is 0 Å². The van der Waals surface area contributed by atoms with E-state index in [0.29, 0.717) is 0 Å². The molecule has 1 heterocycles. The molecule has 1 N–H and O–H groups in total. The lowest BCUT2D eigenvalue weighted by molar-refractivity contribution is -0.124. The van der Waals surface area contributed by atoms with Gasteiger partial charge in [0.05, 0.1) is 0 Å². The fourth-order valence-electron chi connectivity index (χ4n) is 1.59. The Kier molecular flexibility index (Phi) is 2.19. The molecule has 5 heteroatoms. The zero-order chi connectivity index (χ0) is 11.1. The highest BCUT2D eigenvalue weighted by Crippen LogP contribution is 2.33. The number of thiol groups is 1. The Hall–Kier alpha value is -1.49. The quantitative estimate of drug-likeness (QED) is 0.556. The van der Waals surface area contributed by atoms with Crippen molar-refractivity contribution < 1.29 is 9.59 Å². The summed E-state index contributed by atoms with van der Waals surface area (Å²) in [6.07, 6.45) is 0. The predicted octanol–water partition coefficient (Wildman–Crippen LogP) is 1.30. The normalized spacial score (nSPS) is 25.6. The average molecular weight is 222 g/mol. The van der Waals surface area contributed by atoms with E-state index in [-0.39, 0.29) is 5.91 Å². The van der Waals surface area contributed by atoms with E-state index in [9.17, 15) is 9.59 Å². The first-order valence-electron chi connectivity index (χ1n) is 4.47. The van der Waals surface area contributed by atoms with Crippen LogP contribution in [0, 0.1) is 0 Å².